The zero-order valence-electron chi connectivity index (χ0n) is 10.3. The van der Waals surface area contributed by atoms with Gasteiger partial charge < -0.3 is 4.74 Å². The zero-order valence-corrected chi connectivity index (χ0v) is 11.8. The number of halogens is 2. The van der Waals surface area contributed by atoms with Crippen molar-refractivity contribution in [2.45, 2.75) is 13.0 Å². The molecule has 0 heterocycles. The van der Waals surface area contributed by atoms with E-state index in [1.54, 1.807) is 37.3 Å². The molecule has 0 aliphatic rings. The first-order valence-corrected chi connectivity index (χ1v) is 6.54. The van der Waals surface area contributed by atoms with Crippen LogP contribution < -0.4 is 4.74 Å². The van der Waals surface area contributed by atoms with Crippen molar-refractivity contribution in [2.75, 3.05) is 0 Å². The van der Waals surface area contributed by atoms with E-state index in [1.165, 1.54) is 0 Å². The molecule has 0 aliphatic carbocycles. The number of hydrogen-bond acceptors (Lipinski definition) is 2. The van der Waals surface area contributed by atoms with Gasteiger partial charge in [-0.25, -0.2) is 0 Å². The second kappa shape index (κ2) is 6.09. The Balaban J connectivity index is 2.13. The molecule has 2 aromatic carbocycles. The third-order valence-corrected chi connectivity index (χ3v) is 3.01. The number of benzene rings is 2. The van der Waals surface area contributed by atoms with Gasteiger partial charge in [0.05, 0.1) is 0 Å². The van der Waals surface area contributed by atoms with Crippen LogP contribution in [-0.4, -0.2) is 11.9 Å². The van der Waals surface area contributed by atoms with E-state index in [0.717, 1.165) is 0 Å². The lowest BCUT2D eigenvalue weighted by molar-refractivity contribution is 0.0818. The van der Waals surface area contributed by atoms with Crippen LogP contribution in [0.4, 0.5) is 0 Å². The Kier molecular flexibility index (Phi) is 4.46. The molecule has 0 radical (unpaired) electrons. The highest BCUT2D eigenvalue weighted by atomic mass is 35.5. The predicted molar refractivity (Wildman–Crippen MR) is 77.3 cm³/mol. The van der Waals surface area contributed by atoms with E-state index in [-0.39, 0.29) is 5.78 Å². The maximum atomic E-state index is 12.1. The van der Waals surface area contributed by atoms with Crippen LogP contribution in [-0.2, 0) is 0 Å². The standard InChI is InChI=1S/C15H12Cl2O2/c1-10(15(18)11-5-3-2-4-6-11)19-14-8-12(16)7-13(17)9-14/h2-10H,1H3/t10-/m0/s1. The van der Waals surface area contributed by atoms with Crippen LogP contribution in [0.3, 0.4) is 0 Å². The summed E-state index contributed by atoms with van der Waals surface area (Å²) < 4.78 is 5.57. The van der Waals surface area contributed by atoms with Crippen molar-refractivity contribution in [1.82, 2.24) is 0 Å². The van der Waals surface area contributed by atoms with Crippen molar-refractivity contribution >= 4 is 29.0 Å². The molecule has 98 valence electrons. The predicted octanol–water partition coefficient (Wildman–Crippen LogP) is 4.64. The van der Waals surface area contributed by atoms with Crippen LogP contribution in [0.5, 0.6) is 5.75 Å². The molecule has 2 aromatic rings. The van der Waals surface area contributed by atoms with Gasteiger partial charge in [-0.05, 0) is 25.1 Å². The minimum Gasteiger partial charge on any atom is -0.482 e. The van der Waals surface area contributed by atoms with Gasteiger partial charge in [-0.1, -0.05) is 53.5 Å². The molecule has 0 fully saturated rings. The van der Waals surface area contributed by atoms with E-state index < -0.39 is 6.10 Å². The summed E-state index contributed by atoms with van der Waals surface area (Å²) in [5.41, 5.74) is 0.614. The van der Waals surface area contributed by atoms with Gasteiger partial charge in [0.2, 0.25) is 5.78 Å². The highest BCUT2D eigenvalue weighted by Gasteiger charge is 2.16. The number of ketones is 1. The van der Waals surface area contributed by atoms with E-state index >= 15 is 0 Å². The monoisotopic (exact) mass is 294 g/mol. The van der Waals surface area contributed by atoms with Crippen molar-refractivity contribution in [3.8, 4) is 5.75 Å². The van der Waals surface area contributed by atoms with Gasteiger partial charge in [0.25, 0.3) is 0 Å². The average Bonchev–Trinajstić information content (AvgIpc) is 2.37. The molecule has 0 bridgehead atoms. The summed E-state index contributed by atoms with van der Waals surface area (Å²) in [7, 11) is 0. The first-order valence-electron chi connectivity index (χ1n) is 5.78. The zero-order chi connectivity index (χ0) is 13.8. The van der Waals surface area contributed by atoms with Gasteiger partial charge in [-0.15, -0.1) is 0 Å². The Morgan fingerprint density at radius 1 is 1.05 bits per heavy atom. The molecule has 0 unspecified atom stereocenters. The number of carbonyl (C=O) groups excluding carboxylic acids is 1. The maximum Gasteiger partial charge on any atom is 0.202 e. The van der Waals surface area contributed by atoms with Crippen LogP contribution >= 0.6 is 23.2 Å². The quantitative estimate of drug-likeness (QED) is 0.768. The molecule has 2 rings (SSSR count). The van der Waals surface area contributed by atoms with Crippen molar-refractivity contribution in [1.29, 1.82) is 0 Å². The summed E-state index contributed by atoms with van der Waals surface area (Å²) in [6.45, 7) is 1.70. The normalized spacial score (nSPS) is 11.9. The number of ether oxygens (including phenoxy) is 1. The summed E-state index contributed by atoms with van der Waals surface area (Å²) >= 11 is 11.8. The van der Waals surface area contributed by atoms with Gasteiger partial charge in [-0.3, -0.25) is 4.79 Å². The molecule has 2 nitrogen and oxygen atoms in total. The minimum atomic E-state index is -0.600. The Hall–Kier alpha value is -1.51. The SMILES string of the molecule is C[C@H](Oc1cc(Cl)cc(Cl)c1)C(=O)c1ccccc1. The fourth-order valence-corrected chi connectivity index (χ4v) is 2.20. The molecule has 0 spiro atoms. The molecule has 0 aliphatic heterocycles. The molecule has 0 saturated heterocycles. The average molecular weight is 295 g/mol. The number of Topliss-reactive ketones (excluding diaryl/α,β-unsaturated/α-hetero) is 1. The second-order valence-corrected chi connectivity index (χ2v) is 4.97. The van der Waals surface area contributed by atoms with Crippen molar-refractivity contribution in [3.63, 3.8) is 0 Å². The molecule has 0 aromatic heterocycles. The van der Waals surface area contributed by atoms with Crippen LogP contribution in [0.25, 0.3) is 0 Å². The van der Waals surface area contributed by atoms with E-state index in [0.29, 0.717) is 21.4 Å². The van der Waals surface area contributed by atoms with Crippen LogP contribution in [0.2, 0.25) is 10.0 Å². The second-order valence-electron chi connectivity index (χ2n) is 4.10. The van der Waals surface area contributed by atoms with Crippen LogP contribution in [0.1, 0.15) is 17.3 Å². The topological polar surface area (TPSA) is 26.3 Å². The molecular weight excluding hydrogens is 283 g/mol. The maximum absolute atomic E-state index is 12.1. The first kappa shape index (κ1) is 13.9. The fraction of sp³-hybridized carbons (Fsp3) is 0.133. The summed E-state index contributed by atoms with van der Waals surface area (Å²) in [6, 6.07) is 13.9. The lowest BCUT2D eigenvalue weighted by atomic mass is 10.1. The molecule has 4 heteroatoms. The molecule has 0 N–H and O–H groups in total. The van der Waals surface area contributed by atoms with Gasteiger partial charge in [-0.2, -0.15) is 0 Å². The summed E-state index contributed by atoms with van der Waals surface area (Å²) in [5, 5.41) is 0.948. The van der Waals surface area contributed by atoms with Gasteiger partial charge in [0.1, 0.15) is 5.75 Å². The summed E-state index contributed by atoms with van der Waals surface area (Å²) in [4.78, 5) is 12.1. The molecule has 0 saturated carbocycles. The summed E-state index contributed by atoms with van der Waals surface area (Å²) in [5.74, 6) is 0.394. The van der Waals surface area contributed by atoms with Crippen molar-refractivity contribution in [3.05, 3.63) is 64.1 Å². The van der Waals surface area contributed by atoms with Crippen molar-refractivity contribution < 1.29 is 9.53 Å². The molecule has 19 heavy (non-hydrogen) atoms. The third-order valence-electron chi connectivity index (χ3n) is 2.58. The van der Waals surface area contributed by atoms with E-state index in [1.807, 2.05) is 18.2 Å². The van der Waals surface area contributed by atoms with E-state index in [4.69, 9.17) is 27.9 Å². The van der Waals surface area contributed by atoms with Crippen molar-refractivity contribution in [2.24, 2.45) is 0 Å². The lowest BCUT2D eigenvalue weighted by Crippen LogP contribution is -2.23. The van der Waals surface area contributed by atoms with E-state index in [9.17, 15) is 4.79 Å². The largest absolute Gasteiger partial charge is 0.482 e. The Morgan fingerprint density at radius 3 is 2.21 bits per heavy atom. The highest BCUT2D eigenvalue weighted by Crippen LogP contribution is 2.25. The molecule has 0 amide bonds. The fourth-order valence-electron chi connectivity index (χ4n) is 1.69. The highest BCUT2D eigenvalue weighted by molar-refractivity contribution is 6.34. The first-order chi connectivity index (χ1) is 9.06. The number of carbonyl (C=O) groups is 1. The Bertz CT molecular complexity index is 562. The van der Waals surface area contributed by atoms with Crippen LogP contribution in [0, 0.1) is 0 Å². The number of hydrogen-bond donors (Lipinski definition) is 0. The lowest BCUT2D eigenvalue weighted by Gasteiger charge is -2.14. The molecule has 1 atom stereocenters. The van der Waals surface area contributed by atoms with Gasteiger partial charge >= 0.3 is 0 Å². The minimum absolute atomic E-state index is 0.0864. The van der Waals surface area contributed by atoms with E-state index in [2.05, 4.69) is 0 Å². The van der Waals surface area contributed by atoms with Crippen LogP contribution in [0.15, 0.2) is 48.5 Å². The third kappa shape index (κ3) is 3.72. The summed E-state index contributed by atoms with van der Waals surface area (Å²) in [6.07, 6.45) is -0.600. The van der Waals surface area contributed by atoms with Gasteiger partial charge in [0.15, 0.2) is 6.10 Å². The van der Waals surface area contributed by atoms with Gasteiger partial charge in [0, 0.05) is 15.6 Å². The number of rotatable bonds is 4. The molecular formula is C15H12Cl2O2. The Labute approximate surface area is 121 Å². The smallest absolute Gasteiger partial charge is 0.202 e. The Morgan fingerprint density at radius 2 is 1.63 bits per heavy atom.